The lowest BCUT2D eigenvalue weighted by atomic mass is 9.81. The quantitative estimate of drug-likeness (QED) is 0.395. The van der Waals surface area contributed by atoms with Gasteiger partial charge in [-0.05, 0) is 48.3 Å². The Morgan fingerprint density at radius 1 is 0.939 bits per heavy atom. The molecule has 0 radical (unpaired) electrons. The SMILES string of the molecule is CC1(C)C(/C=C/C=C2\N(CCCCS(=O)(=O)[O-])c3ccccc3C2(C)C)=Nc2ccccc21. The average Bonchev–Trinajstić information content (AvgIpc) is 3.13. The van der Waals surface area contributed by atoms with E-state index in [0.29, 0.717) is 19.4 Å². The van der Waals surface area contributed by atoms with Gasteiger partial charge >= 0.3 is 0 Å². The van der Waals surface area contributed by atoms with Crippen molar-refractivity contribution in [2.75, 3.05) is 17.2 Å². The van der Waals surface area contributed by atoms with Crippen LogP contribution in [0.5, 0.6) is 0 Å². The molecule has 0 aromatic heterocycles. The van der Waals surface area contributed by atoms with Crippen molar-refractivity contribution < 1.29 is 13.0 Å². The summed E-state index contributed by atoms with van der Waals surface area (Å²) < 4.78 is 33.0. The molecule has 2 heterocycles. The molecular formula is C27H31N2O3S-. The highest BCUT2D eigenvalue weighted by Gasteiger charge is 2.39. The molecule has 2 aromatic rings. The van der Waals surface area contributed by atoms with E-state index in [9.17, 15) is 13.0 Å². The number of aliphatic imine (C=N–C) groups is 1. The van der Waals surface area contributed by atoms with E-state index in [2.05, 4.69) is 87.2 Å². The van der Waals surface area contributed by atoms with Crippen LogP contribution in [0.2, 0.25) is 0 Å². The van der Waals surface area contributed by atoms with Crippen molar-refractivity contribution in [1.82, 2.24) is 0 Å². The van der Waals surface area contributed by atoms with Crippen molar-refractivity contribution in [1.29, 1.82) is 0 Å². The van der Waals surface area contributed by atoms with Gasteiger partial charge < -0.3 is 9.45 Å². The van der Waals surface area contributed by atoms with Crippen LogP contribution in [0.25, 0.3) is 0 Å². The van der Waals surface area contributed by atoms with E-state index >= 15 is 0 Å². The molecule has 2 aliphatic rings. The Kier molecular flexibility index (Phi) is 6.10. The zero-order valence-corrected chi connectivity index (χ0v) is 20.5. The number of anilines is 1. The molecule has 0 spiro atoms. The Hall–Kier alpha value is -2.70. The lowest BCUT2D eigenvalue weighted by Gasteiger charge is -2.27. The average molecular weight is 464 g/mol. The third-order valence-corrected chi connectivity index (χ3v) is 7.58. The maximum atomic E-state index is 11.0. The molecule has 4 rings (SSSR count). The van der Waals surface area contributed by atoms with Gasteiger partial charge in [0.05, 0.1) is 21.5 Å². The van der Waals surface area contributed by atoms with Gasteiger partial charge in [-0.2, -0.15) is 0 Å². The fourth-order valence-corrected chi connectivity index (χ4v) is 5.47. The van der Waals surface area contributed by atoms with Crippen LogP contribution in [0.15, 0.2) is 77.4 Å². The molecular weight excluding hydrogens is 432 g/mol. The van der Waals surface area contributed by atoms with Crippen LogP contribution in [0.4, 0.5) is 11.4 Å². The second-order valence-electron chi connectivity index (χ2n) is 9.81. The van der Waals surface area contributed by atoms with E-state index in [4.69, 9.17) is 4.99 Å². The Morgan fingerprint density at radius 2 is 1.61 bits per heavy atom. The zero-order valence-electron chi connectivity index (χ0n) is 19.7. The zero-order chi connectivity index (χ0) is 23.9. The molecule has 0 aliphatic carbocycles. The summed E-state index contributed by atoms with van der Waals surface area (Å²) in [6.45, 7) is 9.47. The van der Waals surface area contributed by atoms with Gasteiger partial charge in [0.15, 0.2) is 0 Å². The molecule has 174 valence electrons. The molecule has 0 unspecified atom stereocenters. The van der Waals surface area contributed by atoms with Crippen LogP contribution in [-0.2, 0) is 20.9 Å². The maximum Gasteiger partial charge on any atom is 0.0945 e. The molecule has 2 aliphatic heterocycles. The molecule has 0 amide bonds. The highest BCUT2D eigenvalue weighted by atomic mass is 32.2. The first-order chi connectivity index (χ1) is 15.5. The van der Waals surface area contributed by atoms with Gasteiger partial charge in [-0.15, -0.1) is 0 Å². The van der Waals surface area contributed by atoms with E-state index < -0.39 is 10.1 Å². The van der Waals surface area contributed by atoms with Crippen LogP contribution in [-0.4, -0.2) is 31.0 Å². The second kappa shape index (κ2) is 8.58. The number of para-hydroxylation sites is 2. The maximum absolute atomic E-state index is 11.0. The minimum Gasteiger partial charge on any atom is -0.748 e. The van der Waals surface area contributed by atoms with Crippen molar-refractivity contribution in [3.8, 4) is 0 Å². The highest BCUT2D eigenvalue weighted by molar-refractivity contribution is 7.85. The standard InChI is InChI=1S/C27H32N2O3S/c1-26(2)20-12-5-7-14-22(20)28-24(26)16-11-17-25-27(3,4)21-13-6-8-15-23(21)29(25)18-9-10-19-33(30,31)32/h5-8,11-17H,9-10,18-19H2,1-4H3,(H,30,31,32)/p-1/b16-11+,25-17-. The first-order valence-electron chi connectivity index (χ1n) is 11.4. The number of unbranched alkanes of at least 4 members (excludes halogenated alkanes) is 1. The summed E-state index contributed by atoms with van der Waals surface area (Å²) in [5, 5.41) is 0. The van der Waals surface area contributed by atoms with E-state index in [1.54, 1.807) is 0 Å². The largest absolute Gasteiger partial charge is 0.748 e. The number of fused-ring (bicyclic) bond motifs is 2. The number of allylic oxidation sites excluding steroid dienone is 4. The molecule has 0 bridgehead atoms. The molecule has 6 heteroatoms. The third-order valence-electron chi connectivity index (χ3n) is 6.79. The molecule has 33 heavy (non-hydrogen) atoms. The molecule has 0 saturated heterocycles. The van der Waals surface area contributed by atoms with Crippen LogP contribution >= 0.6 is 0 Å². The Bertz CT molecular complexity index is 1250. The normalized spacial score (nSPS) is 19.7. The van der Waals surface area contributed by atoms with Gasteiger partial charge in [0.1, 0.15) is 0 Å². The number of hydrogen-bond acceptors (Lipinski definition) is 5. The Balaban J connectivity index is 1.60. The number of hydrogen-bond donors (Lipinski definition) is 0. The number of benzene rings is 2. The molecule has 0 N–H and O–H groups in total. The number of nitrogens with zero attached hydrogens (tertiary/aromatic N) is 2. The highest BCUT2D eigenvalue weighted by Crippen LogP contribution is 2.47. The summed E-state index contributed by atoms with van der Waals surface area (Å²) in [7, 11) is -4.18. The summed E-state index contributed by atoms with van der Waals surface area (Å²) in [4.78, 5) is 7.10. The predicted octanol–water partition coefficient (Wildman–Crippen LogP) is 5.61. The minimum absolute atomic E-state index is 0.150. The Labute approximate surface area is 197 Å². The number of rotatable bonds is 7. The second-order valence-corrected chi connectivity index (χ2v) is 11.3. The van der Waals surface area contributed by atoms with Gasteiger partial charge in [-0.25, -0.2) is 8.42 Å². The first-order valence-corrected chi connectivity index (χ1v) is 13.0. The first kappa shape index (κ1) is 23.5. The lowest BCUT2D eigenvalue weighted by Crippen LogP contribution is -2.27. The van der Waals surface area contributed by atoms with Crippen LogP contribution in [0, 0.1) is 0 Å². The molecule has 0 fully saturated rings. The fourth-order valence-electron chi connectivity index (χ4n) is 4.91. The van der Waals surface area contributed by atoms with Gasteiger partial charge in [0, 0.05) is 34.5 Å². The lowest BCUT2D eigenvalue weighted by molar-refractivity contribution is 0.460. The van der Waals surface area contributed by atoms with Crippen molar-refractivity contribution in [3.05, 3.63) is 83.6 Å². The van der Waals surface area contributed by atoms with Crippen molar-refractivity contribution >= 4 is 27.2 Å². The van der Waals surface area contributed by atoms with Crippen LogP contribution in [0.1, 0.15) is 51.7 Å². The Morgan fingerprint density at radius 3 is 2.30 bits per heavy atom. The van der Waals surface area contributed by atoms with Gasteiger partial charge in [-0.1, -0.05) is 70.2 Å². The van der Waals surface area contributed by atoms with Gasteiger partial charge in [-0.3, -0.25) is 4.99 Å². The monoisotopic (exact) mass is 463 g/mol. The van der Waals surface area contributed by atoms with E-state index in [1.807, 2.05) is 12.1 Å². The summed E-state index contributed by atoms with van der Waals surface area (Å²) in [5.41, 5.74) is 6.48. The smallest absolute Gasteiger partial charge is 0.0945 e. The summed E-state index contributed by atoms with van der Waals surface area (Å²) in [6, 6.07) is 16.6. The summed E-state index contributed by atoms with van der Waals surface area (Å²) >= 11 is 0. The van der Waals surface area contributed by atoms with Crippen LogP contribution in [0.3, 0.4) is 0 Å². The van der Waals surface area contributed by atoms with E-state index in [1.165, 1.54) is 11.1 Å². The topological polar surface area (TPSA) is 72.8 Å². The molecule has 0 atom stereocenters. The predicted molar refractivity (Wildman–Crippen MR) is 134 cm³/mol. The van der Waals surface area contributed by atoms with Crippen molar-refractivity contribution in [3.63, 3.8) is 0 Å². The fraction of sp³-hybridized carbons (Fsp3) is 0.370. The van der Waals surface area contributed by atoms with Crippen molar-refractivity contribution in [2.45, 2.75) is 51.4 Å². The third kappa shape index (κ3) is 4.55. The minimum atomic E-state index is -4.18. The summed E-state index contributed by atoms with van der Waals surface area (Å²) in [6.07, 6.45) is 7.30. The van der Waals surface area contributed by atoms with Crippen molar-refractivity contribution in [2.24, 2.45) is 4.99 Å². The van der Waals surface area contributed by atoms with Crippen LogP contribution < -0.4 is 4.90 Å². The molecule has 5 nitrogen and oxygen atoms in total. The van der Waals surface area contributed by atoms with Gasteiger partial charge in [0.2, 0.25) is 0 Å². The molecule has 0 saturated carbocycles. The van der Waals surface area contributed by atoms with E-state index in [-0.39, 0.29) is 16.6 Å². The molecule has 2 aromatic carbocycles. The summed E-state index contributed by atoms with van der Waals surface area (Å²) in [5.74, 6) is -0.319. The van der Waals surface area contributed by atoms with E-state index in [0.717, 1.165) is 22.8 Å². The van der Waals surface area contributed by atoms with Gasteiger partial charge in [0.25, 0.3) is 0 Å².